The van der Waals surface area contributed by atoms with E-state index < -0.39 is 15.4 Å². The lowest BCUT2D eigenvalue weighted by Gasteiger charge is -2.37. The summed E-state index contributed by atoms with van der Waals surface area (Å²) in [5.74, 6) is -0.128. The molecule has 2 amide bonds. The number of hydrogen-bond acceptors (Lipinski definition) is 4. The Bertz CT molecular complexity index is 659. The monoisotopic (exact) mass is 385 g/mol. The molecular formula is C18H31N3O4S. The lowest BCUT2D eigenvalue weighted by atomic mass is 9.71. The Morgan fingerprint density at radius 2 is 1.81 bits per heavy atom. The molecule has 1 aliphatic carbocycles. The van der Waals surface area contributed by atoms with Crippen LogP contribution in [-0.2, 0) is 19.6 Å². The number of nitrogens with one attached hydrogen (secondary N) is 2. The first kappa shape index (κ1) is 19.6. The van der Waals surface area contributed by atoms with E-state index in [0.29, 0.717) is 12.8 Å². The van der Waals surface area contributed by atoms with Gasteiger partial charge < -0.3 is 10.2 Å². The quantitative estimate of drug-likeness (QED) is 0.717. The number of hydrogen-bond donors (Lipinski definition) is 2. The molecule has 26 heavy (non-hydrogen) atoms. The van der Waals surface area contributed by atoms with Crippen LogP contribution >= 0.6 is 0 Å². The maximum absolute atomic E-state index is 13.2. The Morgan fingerprint density at radius 1 is 1.12 bits per heavy atom. The zero-order chi connectivity index (χ0) is 18.9. The van der Waals surface area contributed by atoms with Crippen molar-refractivity contribution in [2.75, 3.05) is 12.8 Å². The zero-order valence-electron chi connectivity index (χ0n) is 15.8. The molecule has 2 heterocycles. The van der Waals surface area contributed by atoms with Gasteiger partial charge in [0.1, 0.15) is 0 Å². The number of sulfonamides is 1. The van der Waals surface area contributed by atoms with Gasteiger partial charge in [0.25, 0.3) is 0 Å². The van der Waals surface area contributed by atoms with Gasteiger partial charge in [-0.2, -0.15) is 0 Å². The molecule has 1 saturated carbocycles. The fourth-order valence-electron chi connectivity index (χ4n) is 5.20. The number of fused-ring (bicyclic) bond motifs is 2. The number of rotatable bonds is 6. The second kappa shape index (κ2) is 7.46. The van der Waals surface area contributed by atoms with Crippen LogP contribution in [-0.4, -0.2) is 56.1 Å². The van der Waals surface area contributed by atoms with E-state index in [1.165, 1.54) is 6.42 Å². The molecule has 2 aliphatic heterocycles. The molecule has 0 unspecified atom stereocenters. The third kappa shape index (κ3) is 3.76. The van der Waals surface area contributed by atoms with Crippen molar-refractivity contribution in [1.82, 2.24) is 14.9 Å². The number of amides is 2. The Balaban J connectivity index is 1.71. The molecule has 0 aromatic carbocycles. The molecule has 2 N–H and O–H groups in total. The van der Waals surface area contributed by atoms with Crippen LogP contribution in [0.3, 0.4) is 0 Å². The average Bonchev–Trinajstić information content (AvgIpc) is 3.16. The second-order valence-corrected chi connectivity index (χ2v) is 10.00. The van der Waals surface area contributed by atoms with Crippen LogP contribution in [0, 0.1) is 5.41 Å². The van der Waals surface area contributed by atoms with E-state index in [1.54, 1.807) is 4.90 Å². The van der Waals surface area contributed by atoms with E-state index in [9.17, 15) is 18.0 Å². The maximum atomic E-state index is 13.2. The highest BCUT2D eigenvalue weighted by Gasteiger charge is 2.60. The third-order valence-corrected chi connectivity index (χ3v) is 7.21. The lowest BCUT2D eigenvalue weighted by molar-refractivity contribution is -0.136. The summed E-state index contributed by atoms with van der Waals surface area (Å²) < 4.78 is 24.9. The zero-order valence-corrected chi connectivity index (χ0v) is 16.6. The molecule has 3 rings (SSSR count). The van der Waals surface area contributed by atoms with Gasteiger partial charge in [-0.3, -0.25) is 9.59 Å². The van der Waals surface area contributed by atoms with Crippen molar-refractivity contribution in [3.8, 4) is 0 Å². The van der Waals surface area contributed by atoms with Crippen LogP contribution in [0.5, 0.6) is 0 Å². The summed E-state index contributed by atoms with van der Waals surface area (Å²) in [5, 5.41) is 3.26. The summed E-state index contributed by atoms with van der Waals surface area (Å²) in [7, 11) is -3.41. The largest absolute Gasteiger partial charge is 0.353 e. The van der Waals surface area contributed by atoms with E-state index in [0.717, 1.165) is 44.8 Å². The van der Waals surface area contributed by atoms with Gasteiger partial charge in [-0.1, -0.05) is 26.2 Å². The topological polar surface area (TPSA) is 95.6 Å². The molecule has 8 heteroatoms. The summed E-state index contributed by atoms with van der Waals surface area (Å²) >= 11 is 0. The molecule has 3 fully saturated rings. The first-order valence-corrected chi connectivity index (χ1v) is 11.7. The van der Waals surface area contributed by atoms with Gasteiger partial charge in [-0.05, 0) is 38.5 Å². The molecule has 3 aliphatic rings. The molecule has 7 nitrogen and oxygen atoms in total. The smallest absolute Gasteiger partial charge is 0.238 e. The molecule has 0 radical (unpaired) electrons. The highest BCUT2D eigenvalue weighted by atomic mass is 32.2. The SMILES string of the molecule is CC[C@@]1(C(=O)NC2CCCCC2)C[C@@H]2CC[C@H]1N2C(=O)CNS(C)(=O)=O. The van der Waals surface area contributed by atoms with Gasteiger partial charge in [-0.25, -0.2) is 13.1 Å². The molecular weight excluding hydrogens is 354 g/mol. The van der Waals surface area contributed by atoms with Gasteiger partial charge >= 0.3 is 0 Å². The predicted octanol–water partition coefficient (Wildman–Crippen LogP) is 1.14. The van der Waals surface area contributed by atoms with Crippen molar-refractivity contribution in [3.63, 3.8) is 0 Å². The number of carbonyl (C=O) groups is 2. The van der Waals surface area contributed by atoms with E-state index in [-0.39, 0.29) is 36.5 Å². The fourth-order valence-corrected chi connectivity index (χ4v) is 5.59. The van der Waals surface area contributed by atoms with Gasteiger partial charge in [0.15, 0.2) is 0 Å². The van der Waals surface area contributed by atoms with Crippen LogP contribution in [0.4, 0.5) is 0 Å². The molecule has 0 spiro atoms. The Hall–Kier alpha value is -1.15. The summed E-state index contributed by atoms with van der Waals surface area (Å²) in [5.41, 5.74) is -0.527. The minimum Gasteiger partial charge on any atom is -0.353 e. The van der Waals surface area contributed by atoms with Crippen molar-refractivity contribution in [2.45, 2.75) is 82.8 Å². The first-order valence-electron chi connectivity index (χ1n) is 9.83. The molecule has 3 atom stereocenters. The fraction of sp³-hybridized carbons (Fsp3) is 0.889. The summed E-state index contributed by atoms with van der Waals surface area (Å²) in [6.45, 7) is 1.80. The Morgan fingerprint density at radius 3 is 2.42 bits per heavy atom. The normalized spacial score (nSPS) is 32.0. The highest BCUT2D eigenvalue weighted by molar-refractivity contribution is 7.88. The molecule has 2 bridgehead atoms. The van der Waals surface area contributed by atoms with E-state index in [2.05, 4.69) is 10.0 Å². The highest BCUT2D eigenvalue weighted by Crippen LogP contribution is 2.52. The van der Waals surface area contributed by atoms with Crippen molar-refractivity contribution in [3.05, 3.63) is 0 Å². The predicted molar refractivity (Wildman–Crippen MR) is 98.9 cm³/mol. The Labute approximate surface area is 156 Å². The summed E-state index contributed by atoms with van der Waals surface area (Å²) in [6.07, 6.45) is 9.82. The molecule has 0 aromatic rings. The molecule has 0 aromatic heterocycles. The second-order valence-electron chi connectivity index (χ2n) is 8.16. The van der Waals surface area contributed by atoms with Crippen LogP contribution in [0.15, 0.2) is 0 Å². The van der Waals surface area contributed by atoms with E-state index >= 15 is 0 Å². The van der Waals surface area contributed by atoms with Crippen LogP contribution in [0.1, 0.15) is 64.7 Å². The molecule has 148 valence electrons. The minimum atomic E-state index is -3.41. The van der Waals surface area contributed by atoms with Gasteiger partial charge in [-0.15, -0.1) is 0 Å². The lowest BCUT2D eigenvalue weighted by Crippen LogP contribution is -2.53. The van der Waals surface area contributed by atoms with Crippen molar-refractivity contribution >= 4 is 21.8 Å². The maximum Gasteiger partial charge on any atom is 0.238 e. The van der Waals surface area contributed by atoms with Crippen LogP contribution in [0.25, 0.3) is 0 Å². The van der Waals surface area contributed by atoms with Crippen molar-refractivity contribution in [2.24, 2.45) is 5.41 Å². The van der Waals surface area contributed by atoms with Gasteiger partial charge in [0.2, 0.25) is 21.8 Å². The van der Waals surface area contributed by atoms with E-state index in [1.807, 2.05) is 6.92 Å². The molecule has 2 saturated heterocycles. The minimum absolute atomic E-state index is 0.0471. The average molecular weight is 386 g/mol. The summed E-state index contributed by atoms with van der Waals surface area (Å²) in [4.78, 5) is 27.6. The van der Waals surface area contributed by atoms with Crippen LogP contribution < -0.4 is 10.0 Å². The standard InChI is InChI=1S/C18H31N3O4S/c1-3-18(17(23)20-13-7-5-4-6-8-13)11-14-9-10-15(18)21(14)16(22)12-19-26(2,24)25/h13-15,19H,3-12H2,1-2H3,(H,20,23)/t14-,15+,18+/m0/s1. The summed E-state index contributed by atoms with van der Waals surface area (Å²) in [6, 6.07) is 0.190. The van der Waals surface area contributed by atoms with Gasteiger partial charge in [0, 0.05) is 18.1 Å². The van der Waals surface area contributed by atoms with E-state index in [4.69, 9.17) is 0 Å². The Kier molecular flexibility index (Phi) is 5.63. The third-order valence-electron chi connectivity index (χ3n) is 6.54. The number of carbonyl (C=O) groups excluding carboxylic acids is 2. The first-order chi connectivity index (χ1) is 12.3. The van der Waals surface area contributed by atoms with Crippen molar-refractivity contribution in [1.29, 1.82) is 0 Å². The van der Waals surface area contributed by atoms with Crippen LogP contribution in [0.2, 0.25) is 0 Å². The number of nitrogens with zero attached hydrogens (tertiary/aromatic N) is 1. The van der Waals surface area contributed by atoms with Gasteiger partial charge in [0.05, 0.1) is 18.2 Å². The van der Waals surface area contributed by atoms with Crippen molar-refractivity contribution < 1.29 is 18.0 Å².